The fourth-order valence-corrected chi connectivity index (χ4v) is 1.84. The molecule has 0 bridgehead atoms. The molecule has 0 aliphatic rings. The highest BCUT2D eigenvalue weighted by Crippen LogP contribution is 2.24. The molecule has 2 N–H and O–H groups in total. The van der Waals surface area contributed by atoms with Crippen LogP contribution in [0.2, 0.25) is 0 Å². The monoisotopic (exact) mass is 230 g/mol. The summed E-state index contributed by atoms with van der Waals surface area (Å²) in [5.41, 5.74) is 0. The second-order valence-corrected chi connectivity index (χ2v) is 4.95. The first-order valence-electron chi connectivity index (χ1n) is 5.73. The lowest BCUT2D eigenvalue weighted by Crippen LogP contribution is -2.25. The van der Waals surface area contributed by atoms with E-state index in [1.807, 2.05) is 27.7 Å². The Balaban J connectivity index is 4.38. The summed E-state index contributed by atoms with van der Waals surface area (Å²) >= 11 is 0. The number of carboxylic acid groups (broad SMARTS) is 2. The molecule has 16 heavy (non-hydrogen) atoms. The molecule has 94 valence electrons. The van der Waals surface area contributed by atoms with Gasteiger partial charge in [0.25, 0.3) is 0 Å². The SMILES string of the molecule is CC(C)C(CCC(C(=O)O)C(C)C)C(=O)O. The Morgan fingerprint density at radius 1 is 0.812 bits per heavy atom. The normalized spacial score (nSPS) is 15.1. The van der Waals surface area contributed by atoms with Crippen molar-refractivity contribution in [2.75, 3.05) is 0 Å². The zero-order valence-electron chi connectivity index (χ0n) is 10.4. The molecule has 2 atom stereocenters. The Morgan fingerprint density at radius 3 is 1.19 bits per heavy atom. The lowest BCUT2D eigenvalue weighted by atomic mass is 9.84. The number of rotatable bonds is 7. The maximum absolute atomic E-state index is 10.9. The molecule has 0 rings (SSSR count). The molecule has 0 aliphatic carbocycles. The van der Waals surface area contributed by atoms with Crippen molar-refractivity contribution in [1.29, 1.82) is 0 Å². The van der Waals surface area contributed by atoms with Crippen molar-refractivity contribution in [2.24, 2.45) is 23.7 Å². The third-order valence-electron chi connectivity index (χ3n) is 3.03. The lowest BCUT2D eigenvalue weighted by molar-refractivity contribution is -0.147. The highest BCUT2D eigenvalue weighted by Gasteiger charge is 2.26. The highest BCUT2D eigenvalue weighted by molar-refractivity contribution is 5.71. The van der Waals surface area contributed by atoms with Crippen LogP contribution in [0.5, 0.6) is 0 Å². The number of aliphatic carboxylic acids is 2. The van der Waals surface area contributed by atoms with E-state index < -0.39 is 23.8 Å². The maximum Gasteiger partial charge on any atom is 0.306 e. The van der Waals surface area contributed by atoms with Crippen LogP contribution in [0.1, 0.15) is 40.5 Å². The van der Waals surface area contributed by atoms with E-state index in [0.29, 0.717) is 12.8 Å². The fourth-order valence-electron chi connectivity index (χ4n) is 1.84. The van der Waals surface area contributed by atoms with E-state index in [1.165, 1.54) is 0 Å². The number of hydrogen-bond acceptors (Lipinski definition) is 2. The van der Waals surface area contributed by atoms with E-state index in [9.17, 15) is 9.59 Å². The standard InChI is InChI=1S/C12H22O4/c1-7(2)9(11(13)14)5-6-10(8(3)4)12(15)16/h7-10H,5-6H2,1-4H3,(H,13,14)(H,15,16). The van der Waals surface area contributed by atoms with E-state index in [4.69, 9.17) is 10.2 Å². The van der Waals surface area contributed by atoms with Crippen LogP contribution < -0.4 is 0 Å². The van der Waals surface area contributed by atoms with Crippen LogP contribution in [0.3, 0.4) is 0 Å². The summed E-state index contributed by atoms with van der Waals surface area (Å²) in [5, 5.41) is 18.0. The quantitative estimate of drug-likeness (QED) is 0.704. The molecule has 0 saturated carbocycles. The first-order chi connectivity index (χ1) is 7.27. The molecule has 0 aliphatic heterocycles. The molecule has 0 radical (unpaired) electrons. The zero-order valence-corrected chi connectivity index (χ0v) is 10.4. The first kappa shape index (κ1) is 14.9. The Morgan fingerprint density at radius 2 is 1.06 bits per heavy atom. The summed E-state index contributed by atoms with van der Waals surface area (Å²) in [6, 6.07) is 0. The Hall–Kier alpha value is -1.06. The van der Waals surface area contributed by atoms with E-state index in [1.54, 1.807) is 0 Å². The van der Waals surface area contributed by atoms with Crippen molar-refractivity contribution < 1.29 is 19.8 Å². The van der Waals surface area contributed by atoms with Gasteiger partial charge in [-0.15, -0.1) is 0 Å². The third-order valence-corrected chi connectivity index (χ3v) is 3.03. The number of carbonyl (C=O) groups is 2. The van der Waals surface area contributed by atoms with Crippen molar-refractivity contribution in [1.82, 2.24) is 0 Å². The molecule has 4 nitrogen and oxygen atoms in total. The minimum Gasteiger partial charge on any atom is -0.481 e. The van der Waals surface area contributed by atoms with Crippen LogP contribution in [0.4, 0.5) is 0 Å². The van der Waals surface area contributed by atoms with Gasteiger partial charge in [-0.05, 0) is 24.7 Å². The fraction of sp³-hybridized carbons (Fsp3) is 0.833. The van der Waals surface area contributed by atoms with Gasteiger partial charge in [-0.1, -0.05) is 27.7 Å². The smallest absolute Gasteiger partial charge is 0.306 e. The largest absolute Gasteiger partial charge is 0.481 e. The van der Waals surface area contributed by atoms with Gasteiger partial charge >= 0.3 is 11.9 Å². The molecule has 0 spiro atoms. The van der Waals surface area contributed by atoms with Gasteiger partial charge in [0, 0.05) is 0 Å². The molecular formula is C12H22O4. The van der Waals surface area contributed by atoms with Crippen LogP contribution in [-0.4, -0.2) is 22.2 Å². The van der Waals surface area contributed by atoms with Crippen LogP contribution in [0, 0.1) is 23.7 Å². The first-order valence-corrected chi connectivity index (χ1v) is 5.73. The van der Waals surface area contributed by atoms with Gasteiger partial charge in [0.1, 0.15) is 0 Å². The van der Waals surface area contributed by atoms with Crippen molar-refractivity contribution in [3.63, 3.8) is 0 Å². The summed E-state index contributed by atoms with van der Waals surface area (Å²) in [5.74, 6) is -2.47. The van der Waals surface area contributed by atoms with Crippen molar-refractivity contribution >= 4 is 11.9 Å². The topological polar surface area (TPSA) is 74.6 Å². The minimum absolute atomic E-state index is 0.0408. The summed E-state index contributed by atoms with van der Waals surface area (Å²) in [6.07, 6.45) is 0.865. The lowest BCUT2D eigenvalue weighted by Gasteiger charge is -2.20. The predicted octanol–water partition coefficient (Wildman–Crippen LogP) is 2.48. The van der Waals surface area contributed by atoms with Gasteiger partial charge < -0.3 is 10.2 Å². The molecule has 0 fully saturated rings. The van der Waals surface area contributed by atoms with Crippen molar-refractivity contribution in [3.8, 4) is 0 Å². The zero-order chi connectivity index (χ0) is 12.9. The number of hydrogen-bond donors (Lipinski definition) is 2. The average Bonchev–Trinajstić information content (AvgIpc) is 2.09. The van der Waals surface area contributed by atoms with E-state index in [2.05, 4.69) is 0 Å². The van der Waals surface area contributed by atoms with Gasteiger partial charge in [-0.3, -0.25) is 9.59 Å². The molecule has 0 heterocycles. The van der Waals surface area contributed by atoms with Crippen LogP contribution >= 0.6 is 0 Å². The predicted molar refractivity (Wildman–Crippen MR) is 61.2 cm³/mol. The molecule has 4 heteroatoms. The van der Waals surface area contributed by atoms with E-state index >= 15 is 0 Å². The van der Waals surface area contributed by atoms with E-state index in [0.717, 1.165) is 0 Å². The Labute approximate surface area is 96.7 Å². The molecule has 0 aromatic rings. The van der Waals surface area contributed by atoms with Gasteiger partial charge in [0.2, 0.25) is 0 Å². The molecule has 0 saturated heterocycles. The summed E-state index contributed by atoms with van der Waals surface area (Å²) < 4.78 is 0. The minimum atomic E-state index is -0.831. The molecule has 2 unspecified atom stereocenters. The van der Waals surface area contributed by atoms with Crippen LogP contribution in [-0.2, 0) is 9.59 Å². The maximum atomic E-state index is 10.9. The van der Waals surface area contributed by atoms with Gasteiger partial charge in [0.05, 0.1) is 11.8 Å². The summed E-state index contributed by atoms with van der Waals surface area (Å²) in [7, 11) is 0. The van der Waals surface area contributed by atoms with E-state index in [-0.39, 0.29) is 11.8 Å². The van der Waals surface area contributed by atoms with Crippen molar-refractivity contribution in [3.05, 3.63) is 0 Å². The second-order valence-electron chi connectivity index (χ2n) is 4.95. The second kappa shape index (κ2) is 6.51. The summed E-state index contributed by atoms with van der Waals surface area (Å²) in [6.45, 7) is 7.40. The molecule has 0 aromatic carbocycles. The van der Waals surface area contributed by atoms with Crippen LogP contribution in [0.25, 0.3) is 0 Å². The third kappa shape index (κ3) is 4.64. The van der Waals surface area contributed by atoms with Crippen LogP contribution in [0.15, 0.2) is 0 Å². The van der Waals surface area contributed by atoms with Gasteiger partial charge in [0.15, 0.2) is 0 Å². The average molecular weight is 230 g/mol. The number of carboxylic acids is 2. The molecule has 0 aromatic heterocycles. The molecule has 0 amide bonds. The summed E-state index contributed by atoms with van der Waals surface area (Å²) in [4.78, 5) is 21.9. The van der Waals surface area contributed by atoms with Crippen molar-refractivity contribution in [2.45, 2.75) is 40.5 Å². The Bertz CT molecular complexity index is 219. The van der Waals surface area contributed by atoms with Gasteiger partial charge in [-0.25, -0.2) is 0 Å². The highest BCUT2D eigenvalue weighted by atomic mass is 16.4. The molecular weight excluding hydrogens is 208 g/mol. The van der Waals surface area contributed by atoms with Gasteiger partial charge in [-0.2, -0.15) is 0 Å². The Kier molecular flexibility index (Phi) is 6.08.